The second-order valence-corrected chi connectivity index (χ2v) is 5.36. The second kappa shape index (κ2) is 6.80. The molecule has 0 saturated heterocycles. The number of hydrogen-bond donors (Lipinski definition) is 1. The minimum absolute atomic E-state index is 0.493. The van der Waals surface area contributed by atoms with Crippen LogP contribution in [0.4, 0.5) is 36.2 Å². The number of para-hydroxylation sites is 1. The number of halogens is 3. The molecule has 0 fully saturated rings. The van der Waals surface area contributed by atoms with Crippen LogP contribution in [0.25, 0.3) is 0 Å². The van der Waals surface area contributed by atoms with Crippen molar-refractivity contribution in [3.8, 4) is 0 Å². The van der Waals surface area contributed by atoms with E-state index in [2.05, 4.69) is 15.3 Å². The molecule has 0 spiro atoms. The van der Waals surface area contributed by atoms with Gasteiger partial charge in [-0.2, -0.15) is 13.2 Å². The molecule has 0 aliphatic heterocycles. The summed E-state index contributed by atoms with van der Waals surface area (Å²) in [5, 5.41) is 2.98. The Morgan fingerprint density at radius 1 is 0.920 bits per heavy atom. The van der Waals surface area contributed by atoms with Crippen molar-refractivity contribution in [2.45, 2.75) is 6.18 Å². The highest BCUT2D eigenvalue weighted by atomic mass is 19.4. The van der Waals surface area contributed by atoms with Gasteiger partial charge in [0.15, 0.2) is 0 Å². The third kappa shape index (κ3) is 4.06. The largest absolute Gasteiger partial charge is 0.416 e. The molecule has 7 heteroatoms. The standard InChI is InChI=1S/C18H15F3N4/c1-25(15-5-3-2-4-6-15)17-11-16(22-12-23-17)24-14-9-7-13(8-10-14)18(19,20)21/h2-12H,1H3,(H,22,23,24). The zero-order valence-electron chi connectivity index (χ0n) is 13.3. The summed E-state index contributed by atoms with van der Waals surface area (Å²) < 4.78 is 37.8. The molecule has 0 aliphatic carbocycles. The highest BCUT2D eigenvalue weighted by Crippen LogP contribution is 2.30. The molecule has 128 valence electrons. The van der Waals surface area contributed by atoms with Crippen molar-refractivity contribution in [1.29, 1.82) is 0 Å². The van der Waals surface area contributed by atoms with Gasteiger partial charge in [-0.25, -0.2) is 9.97 Å². The van der Waals surface area contributed by atoms with E-state index in [4.69, 9.17) is 0 Å². The number of aromatic nitrogens is 2. The molecule has 1 N–H and O–H groups in total. The third-order valence-corrected chi connectivity index (χ3v) is 3.62. The lowest BCUT2D eigenvalue weighted by Crippen LogP contribution is -2.11. The fraction of sp³-hybridized carbons (Fsp3) is 0.111. The zero-order valence-corrected chi connectivity index (χ0v) is 13.3. The summed E-state index contributed by atoms with van der Waals surface area (Å²) in [5.74, 6) is 1.16. The second-order valence-electron chi connectivity index (χ2n) is 5.36. The van der Waals surface area contributed by atoms with E-state index in [0.29, 0.717) is 17.3 Å². The molecule has 25 heavy (non-hydrogen) atoms. The first kappa shape index (κ1) is 16.8. The van der Waals surface area contributed by atoms with Gasteiger partial charge in [0.05, 0.1) is 5.56 Å². The Morgan fingerprint density at radius 2 is 1.60 bits per heavy atom. The average molecular weight is 344 g/mol. The molecule has 1 aromatic heterocycles. The van der Waals surface area contributed by atoms with Gasteiger partial charge in [0.25, 0.3) is 0 Å². The predicted molar refractivity (Wildman–Crippen MR) is 91.3 cm³/mol. The average Bonchev–Trinajstić information content (AvgIpc) is 2.62. The van der Waals surface area contributed by atoms with E-state index in [1.165, 1.54) is 18.5 Å². The fourth-order valence-corrected chi connectivity index (χ4v) is 2.27. The van der Waals surface area contributed by atoms with Crippen molar-refractivity contribution in [3.05, 3.63) is 72.6 Å². The molecule has 0 radical (unpaired) electrons. The Hall–Kier alpha value is -3.09. The van der Waals surface area contributed by atoms with Crippen LogP contribution in [0.5, 0.6) is 0 Å². The van der Waals surface area contributed by atoms with Crippen molar-refractivity contribution in [1.82, 2.24) is 9.97 Å². The molecule has 3 aromatic rings. The Labute approximate surface area is 143 Å². The van der Waals surface area contributed by atoms with Gasteiger partial charge in [-0.15, -0.1) is 0 Å². The quantitative estimate of drug-likeness (QED) is 0.722. The molecule has 0 bridgehead atoms. The van der Waals surface area contributed by atoms with Crippen LogP contribution < -0.4 is 10.2 Å². The maximum atomic E-state index is 12.6. The molecular formula is C18H15F3N4. The molecule has 0 atom stereocenters. The predicted octanol–water partition coefficient (Wildman–Crippen LogP) is 5.01. The molecule has 0 aliphatic rings. The van der Waals surface area contributed by atoms with E-state index in [0.717, 1.165) is 17.8 Å². The summed E-state index contributed by atoms with van der Waals surface area (Å²) >= 11 is 0. The SMILES string of the molecule is CN(c1ccccc1)c1cc(Nc2ccc(C(F)(F)F)cc2)ncn1. The van der Waals surface area contributed by atoms with E-state index < -0.39 is 11.7 Å². The van der Waals surface area contributed by atoms with Gasteiger partial charge in [-0.05, 0) is 36.4 Å². The van der Waals surface area contributed by atoms with Crippen molar-refractivity contribution < 1.29 is 13.2 Å². The van der Waals surface area contributed by atoms with Crippen molar-refractivity contribution >= 4 is 23.0 Å². The summed E-state index contributed by atoms with van der Waals surface area (Å²) in [6.45, 7) is 0. The van der Waals surface area contributed by atoms with Crippen LogP contribution in [-0.4, -0.2) is 17.0 Å². The van der Waals surface area contributed by atoms with Crippen LogP contribution in [-0.2, 0) is 6.18 Å². The molecule has 1 heterocycles. The van der Waals surface area contributed by atoms with E-state index in [1.807, 2.05) is 42.3 Å². The number of anilines is 4. The molecule has 0 amide bonds. The first-order valence-electron chi connectivity index (χ1n) is 7.48. The zero-order chi connectivity index (χ0) is 17.9. The summed E-state index contributed by atoms with van der Waals surface area (Å²) in [5.41, 5.74) is 0.784. The lowest BCUT2D eigenvalue weighted by Gasteiger charge is -2.18. The molecular weight excluding hydrogens is 329 g/mol. The highest BCUT2D eigenvalue weighted by molar-refractivity contribution is 5.64. The molecule has 0 unspecified atom stereocenters. The monoisotopic (exact) mass is 344 g/mol. The minimum Gasteiger partial charge on any atom is -0.340 e. The van der Waals surface area contributed by atoms with Crippen molar-refractivity contribution in [2.75, 3.05) is 17.3 Å². The van der Waals surface area contributed by atoms with Crippen molar-refractivity contribution in [3.63, 3.8) is 0 Å². The van der Waals surface area contributed by atoms with Crippen LogP contribution >= 0.6 is 0 Å². The molecule has 3 rings (SSSR count). The molecule has 4 nitrogen and oxygen atoms in total. The summed E-state index contributed by atoms with van der Waals surface area (Å²) in [7, 11) is 1.87. The summed E-state index contributed by atoms with van der Waals surface area (Å²) in [6, 6.07) is 16.2. The van der Waals surface area contributed by atoms with E-state index in [9.17, 15) is 13.2 Å². The van der Waals surface area contributed by atoms with Crippen LogP contribution in [0.3, 0.4) is 0 Å². The fourth-order valence-electron chi connectivity index (χ4n) is 2.27. The smallest absolute Gasteiger partial charge is 0.340 e. The normalized spacial score (nSPS) is 11.2. The third-order valence-electron chi connectivity index (χ3n) is 3.62. The van der Waals surface area contributed by atoms with Gasteiger partial charge < -0.3 is 10.2 Å². The van der Waals surface area contributed by atoms with Gasteiger partial charge in [-0.1, -0.05) is 18.2 Å². The van der Waals surface area contributed by atoms with Gasteiger partial charge in [0.2, 0.25) is 0 Å². The molecule has 0 saturated carbocycles. The maximum Gasteiger partial charge on any atom is 0.416 e. The highest BCUT2D eigenvalue weighted by Gasteiger charge is 2.29. The topological polar surface area (TPSA) is 41.0 Å². The van der Waals surface area contributed by atoms with Crippen LogP contribution in [0, 0.1) is 0 Å². The van der Waals surface area contributed by atoms with Gasteiger partial charge >= 0.3 is 6.18 Å². The lowest BCUT2D eigenvalue weighted by atomic mass is 10.2. The van der Waals surface area contributed by atoms with Crippen LogP contribution in [0.2, 0.25) is 0 Å². The summed E-state index contributed by atoms with van der Waals surface area (Å²) in [4.78, 5) is 10.2. The number of alkyl halides is 3. The van der Waals surface area contributed by atoms with Gasteiger partial charge in [0, 0.05) is 24.5 Å². The number of rotatable bonds is 4. The van der Waals surface area contributed by atoms with Gasteiger partial charge in [0.1, 0.15) is 18.0 Å². The molecule has 2 aromatic carbocycles. The van der Waals surface area contributed by atoms with E-state index in [1.54, 1.807) is 6.07 Å². The maximum absolute atomic E-state index is 12.6. The van der Waals surface area contributed by atoms with Crippen LogP contribution in [0.1, 0.15) is 5.56 Å². The van der Waals surface area contributed by atoms with Crippen LogP contribution in [0.15, 0.2) is 67.0 Å². The number of benzene rings is 2. The first-order valence-corrected chi connectivity index (χ1v) is 7.48. The number of nitrogens with one attached hydrogen (secondary N) is 1. The number of nitrogens with zero attached hydrogens (tertiary/aromatic N) is 3. The van der Waals surface area contributed by atoms with E-state index >= 15 is 0 Å². The Kier molecular flexibility index (Phi) is 4.56. The first-order chi connectivity index (χ1) is 11.9. The minimum atomic E-state index is -4.35. The summed E-state index contributed by atoms with van der Waals surface area (Å²) in [6.07, 6.45) is -2.94. The van der Waals surface area contributed by atoms with Crippen molar-refractivity contribution in [2.24, 2.45) is 0 Å². The Balaban J connectivity index is 1.78. The van der Waals surface area contributed by atoms with E-state index in [-0.39, 0.29) is 0 Å². The lowest BCUT2D eigenvalue weighted by molar-refractivity contribution is -0.137. The number of hydrogen-bond acceptors (Lipinski definition) is 4. The Bertz CT molecular complexity index is 833. The van der Waals surface area contributed by atoms with Gasteiger partial charge in [-0.3, -0.25) is 0 Å². The Morgan fingerprint density at radius 3 is 2.24 bits per heavy atom.